The molecular formula is C20H20N2O3. The van der Waals surface area contributed by atoms with Gasteiger partial charge in [0.1, 0.15) is 6.10 Å². The van der Waals surface area contributed by atoms with E-state index in [1.54, 1.807) is 0 Å². The molecule has 0 radical (unpaired) electrons. The predicted octanol–water partition coefficient (Wildman–Crippen LogP) is 3.06. The monoisotopic (exact) mass is 336 g/mol. The molecule has 0 bridgehead atoms. The van der Waals surface area contributed by atoms with Crippen molar-refractivity contribution in [2.24, 2.45) is 0 Å². The van der Waals surface area contributed by atoms with Crippen LogP contribution in [0.3, 0.4) is 0 Å². The Hall–Kier alpha value is -2.95. The first kappa shape index (κ1) is 15.6. The van der Waals surface area contributed by atoms with E-state index in [4.69, 9.17) is 9.47 Å². The van der Waals surface area contributed by atoms with Crippen LogP contribution in [-0.4, -0.2) is 29.6 Å². The van der Waals surface area contributed by atoms with Crippen LogP contribution in [0.25, 0.3) is 10.9 Å². The van der Waals surface area contributed by atoms with Gasteiger partial charge in [-0.25, -0.2) is 0 Å². The fourth-order valence-corrected chi connectivity index (χ4v) is 3.17. The van der Waals surface area contributed by atoms with Gasteiger partial charge >= 0.3 is 0 Å². The number of benzene rings is 2. The van der Waals surface area contributed by atoms with Gasteiger partial charge in [-0.2, -0.15) is 0 Å². The summed E-state index contributed by atoms with van der Waals surface area (Å²) in [7, 11) is 0. The Kier molecular flexibility index (Phi) is 4.06. The van der Waals surface area contributed by atoms with Gasteiger partial charge in [0.2, 0.25) is 6.10 Å². The van der Waals surface area contributed by atoms with Gasteiger partial charge in [-0.05, 0) is 37.1 Å². The number of H-pyrrole nitrogens is 1. The molecule has 2 atom stereocenters. The number of ether oxygens (including phenoxy) is 2. The lowest BCUT2D eigenvalue weighted by Gasteiger charge is -2.31. The standard InChI is InChI=1S/C20H20N2O3/c1-13-19(25-18-9-5-4-8-17(18)24-13)20(23)21-11-10-14-12-22-16-7-3-2-6-15(14)16/h2-9,12-13,19,22H,10-11H2,1H3,(H,21,23). The molecule has 1 aromatic heterocycles. The van der Waals surface area contributed by atoms with Crippen LogP contribution in [0, 0.1) is 0 Å². The molecule has 2 N–H and O–H groups in total. The highest BCUT2D eigenvalue weighted by Crippen LogP contribution is 2.33. The summed E-state index contributed by atoms with van der Waals surface area (Å²) >= 11 is 0. The van der Waals surface area contributed by atoms with E-state index in [1.165, 1.54) is 10.9 Å². The number of aromatic nitrogens is 1. The van der Waals surface area contributed by atoms with Crippen LogP contribution < -0.4 is 14.8 Å². The summed E-state index contributed by atoms with van der Waals surface area (Å²) in [5.74, 6) is 1.14. The molecule has 128 valence electrons. The van der Waals surface area contributed by atoms with Crippen molar-refractivity contribution in [3.63, 3.8) is 0 Å². The van der Waals surface area contributed by atoms with E-state index < -0.39 is 6.10 Å². The number of amides is 1. The fraction of sp³-hybridized carbons (Fsp3) is 0.250. The number of carbonyl (C=O) groups is 1. The zero-order valence-corrected chi connectivity index (χ0v) is 14.0. The zero-order chi connectivity index (χ0) is 17.2. The van der Waals surface area contributed by atoms with Crippen molar-refractivity contribution in [3.8, 4) is 11.5 Å². The van der Waals surface area contributed by atoms with Gasteiger partial charge in [0.25, 0.3) is 5.91 Å². The molecule has 4 rings (SSSR count). The average molecular weight is 336 g/mol. The van der Waals surface area contributed by atoms with Crippen molar-refractivity contribution in [1.29, 1.82) is 0 Å². The minimum absolute atomic E-state index is 0.151. The van der Waals surface area contributed by atoms with E-state index in [9.17, 15) is 4.79 Å². The quantitative estimate of drug-likeness (QED) is 0.770. The van der Waals surface area contributed by atoms with Crippen LogP contribution in [0.4, 0.5) is 0 Å². The first-order valence-corrected chi connectivity index (χ1v) is 8.47. The van der Waals surface area contributed by atoms with Gasteiger partial charge in [0.15, 0.2) is 11.5 Å². The maximum absolute atomic E-state index is 12.5. The van der Waals surface area contributed by atoms with E-state index in [2.05, 4.69) is 16.4 Å². The molecule has 25 heavy (non-hydrogen) atoms. The highest BCUT2D eigenvalue weighted by atomic mass is 16.6. The van der Waals surface area contributed by atoms with Crippen molar-refractivity contribution in [2.75, 3.05) is 6.54 Å². The molecule has 2 unspecified atom stereocenters. The molecule has 1 aliphatic heterocycles. The maximum Gasteiger partial charge on any atom is 0.265 e. The minimum Gasteiger partial charge on any atom is -0.482 e. The van der Waals surface area contributed by atoms with Gasteiger partial charge in [-0.15, -0.1) is 0 Å². The molecule has 1 amide bonds. The van der Waals surface area contributed by atoms with E-state index in [1.807, 2.05) is 55.6 Å². The molecule has 0 saturated heterocycles. The number of fused-ring (bicyclic) bond motifs is 2. The van der Waals surface area contributed by atoms with Gasteiger partial charge in [-0.3, -0.25) is 4.79 Å². The summed E-state index contributed by atoms with van der Waals surface area (Å²) in [5, 5.41) is 4.15. The number of hydrogen-bond donors (Lipinski definition) is 2. The Labute approximate surface area is 146 Å². The van der Waals surface area contributed by atoms with Crippen molar-refractivity contribution in [2.45, 2.75) is 25.6 Å². The SMILES string of the molecule is CC1Oc2ccccc2OC1C(=O)NCCc1c[nH]c2ccccc12. The maximum atomic E-state index is 12.5. The number of aromatic amines is 1. The van der Waals surface area contributed by atoms with E-state index in [-0.39, 0.29) is 12.0 Å². The molecule has 5 nitrogen and oxygen atoms in total. The summed E-state index contributed by atoms with van der Waals surface area (Å²) in [6.07, 6.45) is 1.78. The molecular weight excluding hydrogens is 316 g/mol. The van der Waals surface area contributed by atoms with Crippen molar-refractivity contribution >= 4 is 16.8 Å². The molecule has 1 aliphatic rings. The minimum atomic E-state index is -0.641. The fourth-order valence-electron chi connectivity index (χ4n) is 3.17. The van der Waals surface area contributed by atoms with Gasteiger partial charge in [-0.1, -0.05) is 30.3 Å². The van der Waals surface area contributed by atoms with Crippen molar-refractivity contribution < 1.29 is 14.3 Å². The average Bonchev–Trinajstić information content (AvgIpc) is 3.04. The summed E-state index contributed by atoms with van der Waals surface area (Å²) in [6.45, 7) is 2.40. The van der Waals surface area contributed by atoms with Crippen LogP contribution in [0.1, 0.15) is 12.5 Å². The van der Waals surface area contributed by atoms with Crippen LogP contribution in [0.5, 0.6) is 11.5 Å². The molecule has 5 heteroatoms. The van der Waals surface area contributed by atoms with E-state index in [0.717, 1.165) is 11.9 Å². The molecule has 2 aromatic carbocycles. The normalized spacial score (nSPS) is 18.9. The summed E-state index contributed by atoms with van der Waals surface area (Å²) < 4.78 is 11.6. The molecule has 0 aliphatic carbocycles. The number of rotatable bonds is 4. The second kappa shape index (κ2) is 6.51. The lowest BCUT2D eigenvalue weighted by Crippen LogP contribution is -2.49. The molecule has 0 fully saturated rings. The Morgan fingerprint density at radius 3 is 2.64 bits per heavy atom. The predicted molar refractivity (Wildman–Crippen MR) is 96.0 cm³/mol. The topological polar surface area (TPSA) is 63.4 Å². The number of carbonyl (C=O) groups excluding carboxylic acids is 1. The highest BCUT2D eigenvalue weighted by Gasteiger charge is 2.33. The lowest BCUT2D eigenvalue weighted by atomic mass is 10.1. The molecule has 0 spiro atoms. The van der Waals surface area contributed by atoms with Crippen molar-refractivity contribution in [1.82, 2.24) is 10.3 Å². The number of nitrogens with one attached hydrogen (secondary N) is 2. The Bertz CT molecular complexity index is 903. The molecule has 0 saturated carbocycles. The highest BCUT2D eigenvalue weighted by molar-refractivity contribution is 5.84. The first-order chi connectivity index (χ1) is 12.2. The zero-order valence-electron chi connectivity index (χ0n) is 14.0. The Balaban J connectivity index is 1.38. The Morgan fingerprint density at radius 2 is 1.80 bits per heavy atom. The summed E-state index contributed by atoms with van der Waals surface area (Å²) in [5.41, 5.74) is 2.30. The summed E-state index contributed by atoms with van der Waals surface area (Å²) in [4.78, 5) is 15.7. The lowest BCUT2D eigenvalue weighted by molar-refractivity contribution is -0.133. The van der Waals surface area contributed by atoms with Crippen molar-refractivity contribution in [3.05, 3.63) is 60.3 Å². The first-order valence-electron chi connectivity index (χ1n) is 8.47. The smallest absolute Gasteiger partial charge is 0.265 e. The molecule has 2 heterocycles. The second-order valence-electron chi connectivity index (χ2n) is 6.21. The van der Waals surface area contributed by atoms with E-state index in [0.29, 0.717) is 18.0 Å². The van der Waals surface area contributed by atoms with Crippen LogP contribution >= 0.6 is 0 Å². The van der Waals surface area contributed by atoms with Crippen LogP contribution in [-0.2, 0) is 11.2 Å². The van der Waals surface area contributed by atoms with Crippen LogP contribution in [0.15, 0.2) is 54.7 Å². The Morgan fingerprint density at radius 1 is 1.08 bits per heavy atom. The third kappa shape index (κ3) is 3.05. The third-order valence-corrected chi connectivity index (χ3v) is 4.47. The van der Waals surface area contributed by atoms with Crippen LogP contribution in [0.2, 0.25) is 0 Å². The third-order valence-electron chi connectivity index (χ3n) is 4.47. The van der Waals surface area contributed by atoms with E-state index >= 15 is 0 Å². The van der Waals surface area contributed by atoms with Gasteiger partial charge in [0, 0.05) is 23.6 Å². The number of hydrogen-bond acceptors (Lipinski definition) is 3. The van der Waals surface area contributed by atoms with Gasteiger partial charge < -0.3 is 19.8 Å². The number of para-hydroxylation sites is 3. The second-order valence-corrected chi connectivity index (χ2v) is 6.21. The summed E-state index contributed by atoms with van der Waals surface area (Å²) in [6, 6.07) is 15.6. The molecule has 3 aromatic rings. The van der Waals surface area contributed by atoms with Gasteiger partial charge in [0.05, 0.1) is 0 Å². The largest absolute Gasteiger partial charge is 0.482 e.